The SMILES string of the molecule is Nc1cccc2oc(N3CCCC4(C3)OCCO4)nc12. The number of piperidine rings is 1. The molecule has 3 heterocycles. The van der Waals surface area contributed by atoms with Crippen LogP contribution in [-0.2, 0) is 9.47 Å². The molecule has 1 aromatic carbocycles. The summed E-state index contributed by atoms with van der Waals surface area (Å²) in [7, 11) is 0. The molecule has 0 unspecified atom stereocenters. The second-order valence-electron chi connectivity index (χ2n) is 5.32. The van der Waals surface area contributed by atoms with Crippen molar-refractivity contribution in [3.05, 3.63) is 18.2 Å². The molecule has 2 aliphatic heterocycles. The van der Waals surface area contributed by atoms with Crippen LogP contribution in [-0.4, -0.2) is 37.1 Å². The lowest BCUT2D eigenvalue weighted by atomic mass is 10.1. The number of para-hydroxylation sites is 1. The highest BCUT2D eigenvalue weighted by Gasteiger charge is 2.41. The summed E-state index contributed by atoms with van der Waals surface area (Å²) in [6.07, 6.45) is 1.92. The zero-order valence-corrected chi connectivity index (χ0v) is 11.2. The van der Waals surface area contributed by atoms with E-state index in [1.165, 1.54) is 0 Å². The van der Waals surface area contributed by atoms with E-state index in [0.29, 0.717) is 37.0 Å². The van der Waals surface area contributed by atoms with Gasteiger partial charge >= 0.3 is 0 Å². The van der Waals surface area contributed by atoms with Crippen LogP contribution in [0, 0.1) is 0 Å². The summed E-state index contributed by atoms with van der Waals surface area (Å²) in [6.45, 7) is 2.86. The van der Waals surface area contributed by atoms with E-state index in [2.05, 4.69) is 9.88 Å². The number of ether oxygens (including phenoxy) is 2. The summed E-state index contributed by atoms with van der Waals surface area (Å²) in [6, 6.07) is 6.17. The van der Waals surface area contributed by atoms with Crippen molar-refractivity contribution in [3.8, 4) is 0 Å². The number of nitrogens with zero attached hydrogens (tertiary/aromatic N) is 2. The first-order chi connectivity index (χ1) is 9.76. The Balaban J connectivity index is 1.66. The minimum absolute atomic E-state index is 0.482. The molecule has 6 nitrogen and oxygen atoms in total. The van der Waals surface area contributed by atoms with E-state index in [9.17, 15) is 0 Å². The molecule has 0 bridgehead atoms. The van der Waals surface area contributed by atoms with E-state index in [1.54, 1.807) is 0 Å². The van der Waals surface area contributed by atoms with Crippen molar-refractivity contribution in [1.82, 2.24) is 4.98 Å². The van der Waals surface area contributed by atoms with Crippen molar-refractivity contribution in [2.24, 2.45) is 0 Å². The van der Waals surface area contributed by atoms with Gasteiger partial charge in [0.15, 0.2) is 11.4 Å². The molecule has 2 N–H and O–H groups in total. The summed E-state index contributed by atoms with van der Waals surface area (Å²) in [5.74, 6) is -0.482. The van der Waals surface area contributed by atoms with Gasteiger partial charge in [0.05, 0.1) is 25.4 Å². The van der Waals surface area contributed by atoms with Crippen molar-refractivity contribution in [2.45, 2.75) is 18.6 Å². The minimum atomic E-state index is -0.482. The van der Waals surface area contributed by atoms with Crippen LogP contribution in [0.25, 0.3) is 11.1 Å². The summed E-state index contributed by atoms with van der Waals surface area (Å²) in [4.78, 5) is 6.59. The molecular formula is C14H17N3O3. The van der Waals surface area contributed by atoms with Gasteiger partial charge in [-0.15, -0.1) is 0 Å². The van der Waals surface area contributed by atoms with Crippen LogP contribution in [0.15, 0.2) is 22.6 Å². The third-order valence-corrected chi connectivity index (χ3v) is 3.94. The lowest BCUT2D eigenvalue weighted by Gasteiger charge is -2.37. The molecule has 6 heteroatoms. The third-order valence-electron chi connectivity index (χ3n) is 3.94. The lowest BCUT2D eigenvalue weighted by Crippen LogP contribution is -2.49. The first-order valence-corrected chi connectivity index (χ1v) is 6.94. The summed E-state index contributed by atoms with van der Waals surface area (Å²) in [5, 5.41) is 0. The molecular weight excluding hydrogens is 258 g/mol. The van der Waals surface area contributed by atoms with E-state index in [4.69, 9.17) is 19.6 Å². The average Bonchev–Trinajstić information content (AvgIpc) is 3.07. The summed E-state index contributed by atoms with van der Waals surface area (Å²) >= 11 is 0. The fourth-order valence-corrected chi connectivity index (χ4v) is 2.98. The van der Waals surface area contributed by atoms with Gasteiger partial charge < -0.3 is 24.5 Å². The minimum Gasteiger partial charge on any atom is -0.423 e. The molecule has 2 aromatic rings. The highest BCUT2D eigenvalue weighted by molar-refractivity contribution is 5.86. The maximum atomic E-state index is 5.92. The van der Waals surface area contributed by atoms with Gasteiger partial charge in [-0.2, -0.15) is 4.98 Å². The molecule has 0 radical (unpaired) electrons. The maximum Gasteiger partial charge on any atom is 0.298 e. The predicted molar refractivity (Wildman–Crippen MR) is 74.5 cm³/mol. The Hall–Kier alpha value is -1.79. The monoisotopic (exact) mass is 275 g/mol. The van der Waals surface area contributed by atoms with E-state index in [0.717, 1.165) is 24.9 Å². The second kappa shape index (κ2) is 4.36. The van der Waals surface area contributed by atoms with Crippen molar-refractivity contribution in [1.29, 1.82) is 0 Å². The molecule has 2 saturated heterocycles. The standard InChI is InChI=1S/C14H17N3O3/c15-10-3-1-4-11-12(10)16-13(20-11)17-6-2-5-14(9-17)18-7-8-19-14/h1,3-4H,2,5-9,15H2. The van der Waals surface area contributed by atoms with Crippen molar-refractivity contribution in [3.63, 3.8) is 0 Å². The molecule has 2 aliphatic rings. The fourth-order valence-electron chi connectivity index (χ4n) is 2.98. The number of hydrogen-bond acceptors (Lipinski definition) is 6. The molecule has 1 aromatic heterocycles. The largest absolute Gasteiger partial charge is 0.423 e. The fraction of sp³-hybridized carbons (Fsp3) is 0.500. The van der Waals surface area contributed by atoms with Gasteiger partial charge in [0.1, 0.15) is 5.52 Å². The molecule has 0 saturated carbocycles. The molecule has 2 fully saturated rings. The number of hydrogen-bond donors (Lipinski definition) is 1. The van der Waals surface area contributed by atoms with Gasteiger partial charge in [-0.05, 0) is 18.6 Å². The Bertz CT molecular complexity index is 634. The smallest absolute Gasteiger partial charge is 0.298 e. The Kier molecular flexibility index (Phi) is 2.61. The van der Waals surface area contributed by atoms with Gasteiger partial charge in [0.2, 0.25) is 0 Å². The number of benzene rings is 1. The molecule has 0 atom stereocenters. The first-order valence-electron chi connectivity index (χ1n) is 6.94. The zero-order chi connectivity index (χ0) is 13.6. The van der Waals surface area contributed by atoms with Gasteiger partial charge in [-0.3, -0.25) is 0 Å². The van der Waals surface area contributed by atoms with Crippen LogP contribution in [0.5, 0.6) is 0 Å². The van der Waals surface area contributed by atoms with Crippen molar-refractivity contribution in [2.75, 3.05) is 36.9 Å². The lowest BCUT2D eigenvalue weighted by molar-refractivity contribution is -0.161. The number of aromatic nitrogens is 1. The quantitative estimate of drug-likeness (QED) is 0.799. The third kappa shape index (κ3) is 1.83. The zero-order valence-electron chi connectivity index (χ0n) is 11.2. The highest BCUT2D eigenvalue weighted by Crippen LogP contribution is 2.34. The topological polar surface area (TPSA) is 73.8 Å². The van der Waals surface area contributed by atoms with Gasteiger partial charge in [-0.25, -0.2) is 0 Å². The predicted octanol–water partition coefficient (Wildman–Crippen LogP) is 1.75. The van der Waals surface area contributed by atoms with Crippen LogP contribution in [0.2, 0.25) is 0 Å². The summed E-state index contributed by atoms with van der Waals surface area (Å²) in [5.41, 5.74) is 7.99. The Morgan fingerprint density at radius 3 is 2.90 bits per heavy atom. The molecule has 1 spiro atoms. The molecule has 0 amide bonds. The Morgan fingerprint density at radius 2 is 2.10 bits per heavy atom. The van der Waals surface area contributed by atoms with Crippen LogP contribution >= 0.6 is 0 Å². The number of rotatable bonds is 1. The van der Waals surface area contributed by atoms with E-state index in [-0.39, 0.29) is 0 Å². The Labute approximate surface area is 116 Å². The highest BCUT2D eigenvalue weighted by atomic mass is 16.7. The molecule has 20 heavy (non-hydrogen) atoms. The van der Waals surface area contributed by atoms with Crippen LogP contribution in [0.3, 0.4) is 0 Å². The van der Waals surface area contributed by atoms with Crippen LogP contribution in [0.1, 0.15) is 12.8 Å². The van der Waals surface area contributed by atoms with Gasteiger partial charge in [0, 0.05) is 13.0 Å². The number of nitrogen functional groups attached to an aromatic ring is 1. The molecule has 0 aliphatic carbocycles. The Morgan fingerprint density at radius 1 is 1.25 bits per heavy atom. The number of fused-ring (bicyclic) bond motifs is 1. The summed E-state index contributed by atoms with van der Waals surface area (Å²) < 4.78 is 17.4. The molecule has 106 valence electrons. The normalized spacial score (nSPS) is 21.9. The second-order valence-corrected chi connectivity index (χ2v) is 5.32. The van der Waals surface area contributed by atoms with Gasteiger partial charge in [-0.1, -0.05) is 6.07 Å². The van der Waals surface area contributed by atoms with Gasteiger partial charge in [0.25, 0.3) is 6.01 Å². The van der Waals surface area contributed by atoms with E-state index >= 15 is 0 Å². The number of nitrogens with two attached hydrogens (primary N) is 1. The van der Waals surface area contributed by atoms with E-state index in [1.807, 2.05) is 18.2 Å². The number of anilines is 2. The first kappa shape index (κ1) is 12.0. The maximum absolute atomic E-state index is 5.92. The average molecular weight is 275 g/mol. The van der Waals surface area contributed by atoms with E-state index < -0.39 is 5.79 Å². The van der Waals surface area contributed by atoms with Crippen LogP contribution < -0.4 is 10.6 Å². The van der Waals surface area contributed by atoms with Crippen LogP contribution in [0.4, 0.5) is 11.7 Å². The van der Waals surface area contributed by atoms with Crippen molar-refractivity contribution < 1.29 is 13.9 Å². The molecule has 4 rings (SSSR count). The number of oxazole rings is 1. The van der Waals surface area contributed by atoms with Crippen molar-refractivity contribution >= 4 is 22.8 Å².